The van der Waals surface area contributed by atoms with Gasteiger partial charge in [-0.15, -0.1) is 0 Å². The Morgan fingerprint density at radius 1 is 1.35 bits per heavy atom. The summed E-state index contributed by atoms with van der Waals surface area (Å²) >= 11 is 0. The molecule has 1 fully saturated rings. The summed E-state index contributed by atoms with van der Waals surface area (Å²) in [6.45, 7) is 0.0605. The van der Waals surface area contributed by atoms with E-state index in [1.165, 1.54) is 0 Å². The van der Waals surface area contributed by atoms with Crippen LogP contribution in [0.5, 0.6) is 0 Å². The van der Waals surface area contributed by atoms with Gasteiger partial charge in [-0.3, -0.25) is 14.9 Å². The lowest BCUT2D eigenvalue weighted by Crippen LogP contribution is -2.30. The van der Waals surface area contributed by atoms with Crippen LogP contribution in [0.25, 0.3) is 0 Å². The number of carboxylic acids is 1. The number of carboxylic acid groups (broad SMARTS) is 1. The molecular weight excluding hydrogens is 288 g/mol. The van der Waals surface area contributed by atoms with Crippen LogP contribution in [0.2, 0.25) is 0 Å². The van der Waals surface area contributed by atoms with Gasteiger partial charge in [0, 0.05) is 25.2 Å². The number of carbonyl (C=O) groups is 1. The number of sulfonamides is 1. The SMILES string of the molecule is O=C(O)C1CCN(S(=O)(=O)c2ccc([N+](=O)[O-])cc2)C1. The smallest absolute Gasteiger partial charge is 0.307 e. The molecule has 1 aromatic rings. The molecule has 1 aliphatic heterocycles. The van der Waals surface area contributed by atoms with Crippen molar-refractivity contribution in [1.82, 2.24) is 4.31 Å². The van der Waals surface area contributed by atoms with Crippen LogP contribution in [-0.2, 0) is 14.8 Å². The van der Waals surface area contributed by atoms with E-state index in [4.69, 9.17) is 5.11 Å². The van der Waals surface area contributed by atoms with E-state index < -0.39 is 26.8 Å². The van der Waals surface area contributed by atoms with Crippen molar-refractivity contribution in [3.63, 3.8) is 0 Å². The fourth-order valence-corrected chi connectivity index (χ4v) is 3.54. The van der Waals surface area contributed by atoms with Crippen molar-refractivity contribution in [3.05, 3.63) is 34.4 Å². The third-order valence-electron chi connectivity index (χ3n) is 3.19. The summed E-state index contributed by atoms with van der Waals surface area (Å²) in [7, 11) is -3.80. The molecule has 1 N–H and O–H groups in total. The van der Waals surface area contributed by atoms with E-state index in [1.54, 1.807) is 0 Å². The predicted molar refractivity (Wildman–Crippen MR) is 67.6 cm³/mol. The maximum atomic E-state index is 12.2. The van der Waals surface area contributed by atoms with Crippen molar-refractivity contribution >= 4 is 21.7 Å². The third kappa shape index (κ3) is 2.63. The van der Waals surface area contributed by atoms with Gasteiger partial charge in [0.15, 0.2) is 0 Å². The first-order valence-corrected chi connectivity index (χ1v) is 7.24. The molecule has 1 saturated heterocycles. The molecule has 0 radical (unpaired) electrons. The van der Waals surface area contributed by atoms with Crippen molar-refractivity contribution in [2.75, 3.05) is 13.1 Å². The maximum Gasteiger partial charge on any atom is 0.307 e. The number of benzene rings is 1. The number of nitro benzene ring substituents is 1. The van der Waals surface area contributed by atoms with Crippen LogP contribution in [0.4, 0.5) is 5.69 Å². The van der Waals surface area contributed by atoms with Crippen LogP contribution in [0.15, 0.2) is 29.2 Å². The fourth-order valence-electron chi connectivity index (χ4n) is 2.04. The van der Waals surface area contributed by atoms with Crippen LogP contribution in [0.3, 0.4) is 0 Å². The highest BCUT2D eigenvalue weighted by Crippen LogP contribution is 2.25. The standard InChI is InChI=1S/C11H12N2O6S/c14-11(15)8-5-6-12(7-8)20(18,19)10-3-1-9(2-4-10)13(16)17/h1-4,8H,5-7H2,(H,14,15). The molecule has 0 saturated carbocycles. The zero-order valence-electron chi connectivity index (χ0n) is 10.3. The average Bonchev–Trinajstić information content (AvgIpc) is 2.89. The topological polar surface area (TPSA) is 118 Å². The van der Waals surface area contributed by atoms with Gasteiger partial charge in [-0.05, 0) is 18.6 Å². The van der Waals surface area contributed by atoms with Gasteiger partial charge in [-0.2, -0.15) is 4.31 Å². The Kier molecular flexibility index (Phi) is 3.73. The summed E-state index contributed by atoms with van der Waals surface area (Å²) in [6, 6.07) is 4.53. The van der Waals surface area contributed by atoms with E-state index in [-0.39, 0.29) is 30.1 Å². The fraction of sp³-hybridized carbons (Fsp3) is 0.364. The van der Waals surface area contributed by atoms with Gasteiger partial charge in [-0.1, -0.05) is 0 Å². The highest BCUT2D eigenvalue weighted by molar-refractivity contribution is 7.89. The van der Waals surface area contributed by atoms with Gasteiger partial charge in [0.2, 0.25) is 10.0 Å². The minimum absolute atomic E-state index is 0.0747. The molecule has 0 aromatic heterocycles. The molecule has 0 bridgehead atoms. The van der Waals surface area contributed by atoms with Crippen molar-refractivity contribution in [1.29, 1.82) is 0 Å². The summed E-state index contributed by atoms with van der Waals surface area (Å²) in [4.78, 5) is 20.7. The van der Waals surface area contributed by atoms with E-state index in [0.29, 0.717) is 0 Å². The number of aliphatic carboxylic acids is 1. The van der Waals surface area contributed by atoms with Crippen molar-refractivity contribution in [2.24, 2.45) is 5.92 Å². The number of non-ortho nitro benzene ring substituents is 1. The Balaban J connectivity index is 2.23. The molecule has 0 spiro atoms. The summed E-state index contributed by atoms with van der Waals surface area (Å²) in [5.41, 5.74) is -0.200. The Morgan fingerprint density at radius 3 is 2.40 bits per heavy atom. The van der Waals surface area contributed by atoms with Crippen LogP contribution in [0.1, 0.15) is 6.42 Å². The van der Waals surface area contributed by atoms with Gasteiger partial charge in [0.05, 0.1) is 15.7 Å². The van der Waals surface area contributed by atoms with Gasteiger partial charge in [0.25, 0.3) is 5.69 Å². The lowest BCUT2D eigenvalue weighted by atomic mass is 10.1. The average molecular weight is 300 g/mol. The Bertz CT molecular complexity index is 639. The molecule has 1 heterocycles. The minimum atomic E-state index is -3.80. The molecule has 0 aliphatic carbocycles. The molecule has 8 nitrogen and oxygen atoms in total. The molecule has 1 aliphatic rings. The van der Waals surface area contributed by atoms with Gasteiger partial charge in [0.1, 0.15) is 0 Å². The second-order valence-electron chi connectivity index (χ2n) is 4.44. The molecule has 0 amide bonds. The zero-order valence-corrected chi connectivity index (χ0v) is 11.1. The largest absolute Gasteiger partial charge is 0.481 e. The van der Waals surface area contributed by atoms with Crippen molar-refractivity contribution in [2.45, 2.75) is 11.3 Å². The molecule has 1 unspecified atom stereocenters. The second-order valence-corrected chi connectivity index (χ2v) is 6.38. The molecule has 108 valence electrons. The van der Waals surface area contributed by atoms with Gasteiger partial charge >= 0.3 is 5.97 Å². The molecule has 1 atom stereocenters. The molecule has 2 rings (SSSR count). The Morgan fingerprint density at radius 2 is 1.95 bits per heavy atom. The lowest BCUT2D eigenvalue weighted by Gasteiger charge is -2.15. The van der Waals surface area contributed by atoms with Crippen molar-refractivity contribution < 1.29 is 23.2 Å². The highest BCUT2D eigenvalue weighted by Gasteiger charge is 2.35. The summed E-state index contributed by atoms with van der Waals surface area (Å²) in [5.74, 6) is -1.73. The first kappa shape index (κ1) is 14.4. The number of nitrogens with zero attached hydrogens (tertiary/aromatic N) is 2. The number of rotatable bonds is 4. The number of hydrogen-bond donors (Lipinski definition) is 1. The summed E-state index contributed by atoms with van der Waals surface area (Å²) < 4.78 is 25.6. The normalized spacial score (nSPS) is 19.9. The molecule has 1 aromatic carbocycles. The van der Waals surface area contributed by atoms with Crippen LogP contribution >= 0.6 is 0 Å². The molecule has 20 heavy (non-hydrogen) atoms. The van der Waals surface area contributed by atoms with E-state index in [1.807, 2.05) is 0 Å². The third-order valence-corrected chi connectivity index (χ3v) is 5.06. The maximum absolute atomic E-state index is 12.2. The van der Waals surface area contributed by atoms with E-state index in [2.05, 4.69) is 0 Å². The summed E-state index contributed by atoms with van der Waals surface area (Å²) in [5, 5.41) is 19.4. The number of nitro groups is 1. The van der Waals surface area contributed by atoms with Crippen LogP contribution in [-0.4, -0.2) is 41.8 Å². The van der Waals surface area contributed by atoms with Gasteiger partial charge < -0.3 is 5.11 Å². The van der Waals surface area contributed by atoms with Crippen LogP contribution < -0.4 is 0 Å². The summed E-state index contributed by atoms with van der Waals surface area (Å²) in [6.07, 6.45) is 0.265. The monoisotopic (exact) mass is 300 g/mol. The molecular formula is C11H12N2O6S. The first-order chi connectivity index (χ1) is 9.32. The predicted octanol–water partition coefficient (Wildman–Crippen LogP) is 0.690. The minimum Gasteiger partial charge on any atom is -0.481 e. The van der Waals surface area contributed by atoms with Crippen molar-refractivity contribution in [3.8, 4) is 0 Å². The Hall–Kier alpha value is -2.00. The zero-order chi connectivity index (χ0) is 14.9. The quantitative estimate of drug-likeness (QED) is 0.645. The van der Waals surface area contributed by atoms with Gasteiger partial charge in [-0.25, -0.2) is 8.42 Å². The number of hydrogen-bond acceptors (Lipinski definition) is 5. The highest BCUT2D eigenvalue weighted by atomic mass is 32.2. The molecule has 9 heteroatoms. The van der Waals surface area contributed by atoms with E-state index in [9.17, 15) is 23.3 Å². The van der Waals surface area contributed by atoms with Crippen LogP contribution in [0, 0.1) is 16.0 Å². The second kappa shape index (κ2) is 5.17. The van der Waals surface area contributed by atoms with E-state index in [0.717, 1.165) is 28.6 Å². The lowest BCUT2D eigenvalue weighted by molar-refractivity contribution is -0.384. The Labute approximate surface area is 114 Å². The first-order valence-electron chi connectivity index (χ1n) is 5.80. The van der Waals surface area contributed by atoms with E-state index >= 15 is 0 Å².